The molecule has 60 heavy (non-hydrogen) atoms. The summed E-state index contributed by atoms with van der Waals surface area (Å²) in [7, 11) is 0. The Balaban J connectivity index is 1.02. The third-order valence-electron chi connectivity index (χ3n) is 12.6. The molecule has 0 atom stereocenters. The Kier molecular flexibility index (Phi) is 8.02. The van der Waals surface area contributed by atoms with E-state index in [0.717, 1.165) is 18.5 Å². The Morgan fingerprint density at radius 2 is 0.817 bits per heavy atom. The summed E-state index contributed by atoms with van der Waals surface area (Å²) in [6.45, 7) is 0. The van der Waals surface area contributed by atoms with Gasteiger partial charge >= 0.3 is 0 Å². The topological polar surface area (TPSA) is 9.86 Å². The maximum Gasteiger partial charge on any atom is 0.0547 e. The SMILES string of the molecule is C1=CC(c2ccc(-n3c4ccccc4c4ccc(-c5cccc6cccc(-c7ccc8c9ccccc9n(-c9ccc(-c%10ccccc%10)cc9)c8c7)c56)cc43)cc2)=CCC1. The summed E-state index contributed by atoms with van der Waals surface area (Å²) < 4.78 is 4.87. The van der Waals surface area contributed by atoms with Crippen LogP contribution >= 0.6 is 0 Å². The molecule has 0 fully saturated rings. The Morgan fingerprint density at radius 3 is 1.37 bits per heavy atom. The number of para-hydroxylation sites is 2. The van der Waals surface area contributed by atoms with Gasteiger partial charge in [-0.05, 0) is 117 Å². The van der Waals surface area contributed by atoms with E-state index in [4.69, 9.17) is 0 Å². The Hall–Kier alpha value is -7.68. The maximum absolute atomic E-state index is 2.44. The summed E-state index contributed by atoms with van der Waals surface area (Å²) in [5, 5.41) is 7.51. The Labute approximate surface area is 349 Å². The molecule has 0 amide bonds. The summed E-state index contributed by atoms with van der Waals surface area (Å²) >= 11 is 0. The molecule has 2 aromatic heterocycles. The minimum absolute atomic E-state index is 1.10. The van der Waals surface area contributed by atoms with Gasteiger partial charge in [-0.15, -0.1) is 0 Å². The normalized spacial score (nSPS) is 12.9. The molecular weight excluding hydrogens is 725 g/mol. The summed E-state index contributed by atoms with van der Waals surface area (Å²) in [6, 6.07) is 73.9. The van der Waals surface area contributed by atoms with Crippen LogP contribution in [-0.4, -0.2) is 9.13 Å². The van der Waals surface area contributed by atoms with Crippen LogP contribution in [0.5, 0.6) is 0 Å². The molecule has 0 bridgehead atoms. The molecule has 0 radical (unpaired) electrons. The molecule has 12 rings (SSSR count). The van der Waals surface area contributed by atoms with Crippen LogP contribution in [0.3, 0.4) is 0 Å². The quantitative estimate of drug-likeness (QED) is 0.160. The van der Waals surface area contributed by atoms with Crippen molar-refractivity contribution < 1.29 is 0 Å². The highest BCUT2D eigenvalue weighted by atomic mass is 15.0. The van der Waals surface area contributed by atoms with Crippen molar-refractivity contribution in [3.63, 3.8) is 0 Å². The van der Waals surface area contributed by atoms with E-state index in [2.05, 4.69) is 228 Å². The van der Waals surface area contributed by atoms with Gasteiger partial charge in [0.1, 0.15) is 0 Å². The van der Waals surface area contributed by atoms with Gasteiger partial charge in [-0.1, -0.05) is 170 Å². The monoisotopic (exact) mass is 764 g/mol. The molecule has 1 aliphatic rings. The fraction of sp³-hybridized carbons (Fsp3) is 0.0345. The van der Waals surface area contributed by atoms with Crippen LogP contribution in [0.25, 0.3) is 105 Å². The molecule has 9 aromatic carbocycles. The first-order valence-electron chi connectivity index (χ1n) is 21.0. The lowest BCUT2D eigenvalue weighted by atomic mass is 9.91. The molecule has 0 saturated heterocycles. The minimum Gasteiger partial charge on any atom is -0.309 e. The Bertz CT molecular complexity index is 3500. The van der Waals surface area contributed by atoms with Crippen molar-refractivity contribution in [3.8, 4) is 44.8 Å². The molecule has 1 aliphatic carbocycles. The second-order valence-corrected chi connectivity index (χ2v) is 16.0. The van der Waals surface area contributed by atoms with Gasteiger partial charge in [0.15, 0.2) is 0 Å². The number of hydrogen-bond donors (Lipinski definition) is 0. The number of allylic oxidation sites excluding steroid dienone is 4. The zero-order valence-electron chi connectivity index (χ0n) is 33.1. The standard InChI is InChI=1S/C58H40N2/c1-3-13-39(14-4-1)41-25-31-46(32-26-41)59-54-23-9-7-19-50(54)52-35-29-44(37-56(52)59)48-21-11-17-43-18-12-22-49(58(43)48)45-30-36-53-51-20-8-10-24-55(51)60(57(53)38-45)47-33-27-42(28-34-47)40-15-5-2-6-16-40/h1,3-5,7-38H,2,6H2. The lowest BCUT2D eigenvalue weighted by Crippen LogP contribution is -1.95. The van der Waals surface area contributed by atoms with Gasteiger partial charge in [0, 0.05) is 32.9 Å². The number of hydrogen-bond acceptors (Lipinski definition) is 0. The smallest absolute Gasteiger partial charge is 0.0547 e. The van der Waals surface area contributed by atoms with E-state index in [-0.39, 0.29) is 0 Å². The van der Waals surface area contributed by atoms with Crippen molar-refractivity contribution in [1.29, 1.82) is 0 Å². The van der Waals surface area contributed by atoms with E-state index in [1.165, 1.54) is 105 Å². The van der Waals surface area contributed by atoms with Gasteiger partial charge in [0.2, 0.25) is 0 Å². The predicted octanol–water partition coefficient (Wildman–Crippen LogP) is 15.8. The van der Waals surface area contributed by atoms with Crippen LogP contribution in [-0.2, 0) is 0 Å². The van der Waals surface area contributed by atoms with Gasteiger partial charge in [-0.2, -0.15) is 0 Å². The first-order chi connectivity index (χ1) is 29.8. The van der Waals surface area contributed by atoms with Gasteiger partial charge in [-0.25, -0.2) is 0 Å². The first-order valence-corrected chi connectivity index (χ1v) is 21.0. The molecular formula is C58H40N2. The van der Waals surface area contributed by atoms with E-state index in [9.17, 15) is 0 Å². The molecule has 0 aliphatic heterocycles. The van der Waals surface area contributed by atoms with Crippen LogP contribution in [0.1, 0.15) is 18.4 Å². The predicted molar refractivity (Wildman–Crippen MR) is 255 cm³/mol. The largest absolute Gasteiger partial charge is 0.309 e. The molecule has 282 valence electrons. The van der Waals surface area contributed by atoms with Crippen LogP contribution in [0.2, 0.25) is 0 Å². The number of benzene rings is 9. The van der Waals surface area contributed by atoms with Crippen molar-refractivity contribution >= 4 is 60.0 Å². The number of fused-ring (bicyclic) bond motifs is 7. The highest BCUT2D eigenvalue weighted by Crippen LogP contribution is 2.42. The molecule has 0 spiro atoms. The van der Waals surface area contributed by atoms with Gasteiger partial charge < -0.3 is 9.13 Å². The van der Waals surface area contributed by atoms with E-state index in [0.29, 0.717) is 0 Å². The van der Waals surface area contributed by atoms with Crippen molar-refractivity contribution in [3.05, 3.63) is 224 Å². The van der Waals surface area contributed by atoms with Crippen LogP contribution in [0, 0.1) is 0 Å². The fourth-order valence-corrected chi connectivity index (χ4v) is 9.72. The zero-order chi connectivity index (χ0) is 39.6. The van der Waals surface area contributed by atoms with Gasteiger partial charge in [0.25, 0.3) is 0 Å². The molecule has 2 nitrogen and oxygen atoms in total. The van der Waals surface area contributed by atoms with Crippen molar-refractivity contribution in [1.82, 2.24) is 9.13 Å². The average Bonchev–Trinajstić information content (AvgIpc) is 3.84. The molecule has 2 heteroatoms. The highest BCUT2D eigenvalue weighted by molar-refractivity contribution is 6.14. The summed E-state index contributed by atoms with van der Waals surface area (Å²) in [6.07, 6.45) is 9.10. The number of rotatable bonds is 6. The van der Waals surface area contributed by atoms with E-state index in [1.54, 1.807) is 0 Å². The van der Waals surface area contributed by atoms with Crippen molar-refractivity contribution in [2.45, 2.75) is 12.8 Å². The van der Waals surface area contributed by atoms with E-state index < -0.39 is 0 Å². The van der Waals surface area contributed by atoms with Crippen molar-refractivity contribution in [2.75, 3.05) is 0 Å². The summed E-state index contributed by atoms with van der Waals surface area (Å²) in [5.74, 6) is 0. The van der Waals surface area contributed by atoms with Crippen molar-refractivity contribution in [2.24, 2.45) is 0 Å². The Morgan fingerprint density at radius 1 is 0.333 bits per heavy atom. The van der Waals surface area contributed by atoms with Crippen LogP contribution in [0.4, 0.5) is 0 Å². The maximum atomic E-state index is 2.44. The number of nitrogens with zero attached hydrogens (tertiary/aromatic N) is 2. The summed E-state index contributed by atoms with van der Waals surface area (Å²) in [4.78, 5) is 0. The van der Waals surface area contributed by atoms with E-state index >= 15 is 0 Å². The lowest BCUT2D eigenvalue weighted by Gasteiger charge is -2.15. The third-order valence-corrected chi connectivity index (χ3v) is 12.6. The lowest BCUT2D eigenvalue weighted by molar-refractivity contribution is 1.04. The highest BCUT2D eigenvalue weighted by Gasteiger charge is 2.18. The second kappa shape index (κ2) is 14.0. The molecule has 0 saturated carbocycles. The van der Waals surface area contributed by atoms with Gasteiger partial charge in [-0.3, -0.25) is 0 Å². The molecule has 2 heterocycles. The average molecular weight is 765 g/mol. The van der Waals surface area contributed by atoms with E-state index in [1.807, 2.05) is 0 Å². The first kappa shape index (κ1) is 34.4. The minimum atomic E-state index is 1.10. The fourth-order valence-electron chi connectivity index (χ4n) is 9.72. The molecule has 11 aromatic rings. The zero-order valence-corrected chi connectivity index (χ0v) is 33.1. The summed E-state index contributed by atoms with van der Waals surface area (Å²) in [5.41, 5.74) is 17.0. The van der Waals surface area contributed by atoms with Crippen LogP contribution < -0.4 is 0 Å². The molecule has 0 N–H and O–H groups in total. The number of aromatic nitrogens is 2. The van der Waals surface area contributed by atoms with Gasteiger partial charge in [0.05, 0.1) is 22.1 Å². The molecule has 0 unspecified atom stereocenters. The van der Waals surface area contributed by atoms with Crippen LogP contribution in [0.15, 0.2) is 218 Å². The second-order valence-electron chi connectivity index (χ2n) is 16.0. The third kappa shape index (κ3) is 5.56.